The van der Waals surface area contributed by atoms with Crippen molar-refractivity contribution in [1.82, 2.24) is 34.7 Å². The van der Waals surface area contributed by atoms with E-state index in [4.69, 9.17) is 10.5 Å². The number of rotatable bonds is 5. The molecule has 0 amide bonds. The molecule has 0 aliphatic heterocycles. The van der Waals surface area contributed by atoms with Crippen molar-refractivity contribution in [2.24, 2.45) is 0 Å². The minimum Gasteiger partial charge on any atom is -0.497 e. The zero-order valence-electron chi connectivity index (χ0n) is 14.1. The Labute approximate surface area is 153 Å². The molecule has 0 spiro atoms. The topological polar surface area (TPSA) is 110 Å². The third-order valence-corrected chi connectivity index (χ3v) is 4.86. The molecule has 0 bridgehead atoms. The molecule has 0 radical (unpaired) electrons. The fourth-order valence-corrected chi connectivity index (χ4v) is 3.20. The van der Waals surface area contributed by atoms with Gasteiger partial charge in [-0.2, -0.15) is 0 Å². The summed E-state index contributed by atoms with van der Waals surface area (Å²) in [6.45, 7) is 1.97. The van der Waals surface area contributed by atoms with Gasteiger partial charge in [0.25, 0.3) is 0 Å². The van der Waals surface area contributed by atoms with E-state index in [0.29, 0.717) is 16.6 Å². The van der Waals surface area contributed by atoms with Crippen LogP contribution < -0.4 is 10.5 Å². The lowest BCUT2D eigenvalue weighted by Crippen LogP contribution is -2.07. The van der Waals surface area contributed by atoms with Crippen LogP contribution in [0.5, 0.6) is 5.75 Å². The maximum Gasteiger partial charge on any atom is 0.203 e. The van der Waals surface area contributed by atoms with Crippen LogP contribution in [0.25, 0.3) is 17.2 Å². The van der Waals surface area contributed by atoms with Gasteiger partial charge in [0.2, 0.25) is 5.13 Å². The van der Waals surface area contributed by atoms with E-state index in [2.05, 4.69) is 25.5 Å². The van der Waals surface area contributed by atoms with Crippen LogP contribution in [0.3, 0.4) is 0 Å². The number of imidazole rings is 1. The molecule has 9 nitrogen and oxygen atoms in total. The second-order valence-electron chi connectivity index (χ2n) is 5.56. The molecule has 4 aromatic rings. The molecule has 0 saturated carbocycles. The number of nitrogens with zero attached hydrogens (tertiary/aromatic N) is 7. The molecular formula is C16H16N8OS. The first-order valence-corrected chi connectivity index (χ1v) is 8.66. The lowest BCUT2D eigenvalue weighted by Gasteiger charge is -2.07. The molecule has 10 heteroatoms. The van der Waals surface area contributed by atoms with Crippen molar-refractivity contribution >= 4 is 16.5 Å². The Hall–Kier alpha value is -3.27. The Kier molecular flexibility index (Phi) is 4.09. The maximum atomic E-state index is 5.66. The predicted octanol–water partition coefficient (Wildman–Crippen LogP) is 2.18. The van der Waals surface area contributed by atoms with Gasteiger partial charge in [0.15, 0.2) is 5.82 Å². The number of aromatic nitrogens is 7. The molecule has 0 aliphatic carbocycles. The molecule has 3 heterocycles. The number of nitrogens with two attached hydrogens (primary N) is 1. The number of benzene rings is 1. The summed E-state index contributed by atoms with van der Waals surface area (Å²) in [4.78, 5) is 4.43. The van der Waals surface area contributed by atoms with Gasteiger partial charge in [0, 0.05) is 18.1 Å². The number of ether oxygens (including phenoxy) is 1. The minimum absolute atomic E-state index is 0.115. The summed E-state index contributed by atoms with van der Waals surface area (Å²) < 4.78 is 8.88. The molecule has 0 fully saturated rings. The van der Waals surface area contributed by atoms with Gasteiger partial charge in [-0.3, -0.25) is 4.57 Å². The Morgan fingerprint density at radius 3 is 2.65 bits per heavy atom. The van der Waals surface area contributed by atoms with Crippen LogP contribution in [-0.4, -0.2) is 41.9 Å². The summed E-state index contributed by atoms with van der Waals surface area (Å²) in [5.74, 6) is 1.50. The average Bonchev–Trinajstić information content (AvgIpc) is 3.41. The second kappa shape index (κ2) is 6.56. The van der Waals surface area contributed by atoms with Gasteiger partial charge in [-0.25, -0.2) is 9.67 Å². The SMILES string of the molecule is COc1ccc(-n2ccnc2-c2cn([C@@H](C)c3nnc(N)s3)nn2)cc1. The number of nitrogen functional groups attached to an aromatic ring is 1. The highest BCUT2D eigenvalue weighted by Crippen LogP contribution is 2.25. The summed E-state index contributed by atoms with van der Waals surface area (Å²) in [5, 5.41) is 17.6. The fourth-order valence-electron chi connectivity index (χ4n) is 2.54. The standard InChI is InChI=1S/C16H16N8OS/c1-10(15-20-21-16(17)26-15)24-9-13(19-22-24)14-18-7-8-23(14)11-3-5-12(25-2)6-4-11/h3-10H,1-2H3,(H2,17,21)/t10-/m0/s1. The van der Waals surface area contributed by atoms with Crippen molar-refractivity contribution in [2.45, 2.75) is 13.0 Å². The lowest BCUT2D eigenvalue weighted by atomic mass is 10.3. The molecule has 26 heavy (non-hydrogen) atoms. The smallest absolute Gasteiger partial charge is 0.203 e. The molecule has 0 saturated heterocycles. The Balaban J connectivity index is 1.65. The van der Waals surface area contributed by atoms with E-state index < -0.39 is 0 Å². The van der Waals surface area contributed by atoms with E-state index in [1.807, 2.05) is 48.1 Å². The third kappa shape index (κ3) is 2.90. The van der Waals surface area contributed by atoms with Gasteiger partial charge >= 0.3 is 0 Å². The number of hydrogen-bond acceptors (Lipinski definition) is 8. The summed E-state index contributed by atoms with van der Waals surface area (Å²) in [5.41, 5.74) is 7.28. The number of anilines is 1. The van der Waals surface area contributed by atoms with Gasteiger partial charge < -0.3 is 10.5 Å². The summed E-state index contributed by atoms with van der Waals surface area (Å²) in [6.07, 6.45) is 5.45. The van der Waals surface area contributed by atoms with Crippen molar-refractivity contribution in [1.29, 1.82) is 0 Å². The van der Waals surface area contributed by atoms with Crippen molar-refractivity contribution in [3.8, 4) is 23.0 Å². The molecular weight excluding hydrogens is 352 g/mol. The average molecular weight is 368 g/mol. The largest absolute Gasteiger partial charge is 0.497 e. The maximum absolute atomic E-state index is 5.66. The van der Waals surface area contributed by atoms with E-state index in [9.17, 15) is 0 Å². The molecule has 132 valence electrons. The first kappa shape index (κ1) is 16.2. The van der Waals surface area contributed by atoms with Gasteiger partial charge in [-0.05, 0) is 31.2 Å². The van der Waals surface area contributed by atoms with Crippen LogP contribution in [0.2, 0.25) is 0 Å². The van der Waals surface area contributed by atoms with Crippen LogP contribution in [0.15, 0.2) is 42.9 Å². The minimum atomic E-state index is -0.115. The molecule has 0 unspecified atom stereocenters. The van der Waals surface area contributed by atoms with E-state index in [1.165, 1.54) is 11.3 Å². The predicted molar refractivity (Wildman–Crippen MR) is 97.3 cm³/mol. The summed E-state index contributed by atoms with van der Waals surface area (Å²) in [6, 6.07) is 7.60. The van der Waals surface area contributed by atoms with E-state index >= 15 is 0 Å². The van der Waals surface area contributed by atoms with Gasteiger partial charge in [0.05, 0.1) is 13.3 Å². The van der Waals surface area contributed by atoms with Crippen LogP contribution >= 0.6 is 11.3 Å². The monoisotopic (exact) mass is 368 g/mol. The van der Waals surface area contributed by atoms with Gasteiger partial charge in [-0.1, -0.05) is 16.6 Å². The highest BCUT2D eigenvalue weighted by molar-refractivity contribution is 7.15. The van der Waals surface area contributed by atoms with E-state index in [0.717, 1.165) is 16.4 Å². The van der Waals surface area contributed by atoms with Crippen LogP contribution in [0.1, 0.15) is 18.0 Å². The van der Waals surface area contributed by atoms with Crippen molar-refractivity contribution < 1.29 is 4.74 Å². The second-order valence-corrected chi connectivity index (χ2v) is 6.60. The van der Waals surface area contributed by atoms with Crippen LogP contribution in [0.4, 0.5) is 5.13 Å². The first-order valence-electron chi connectivity index (χ1n) is 7.84. The number of methoxy groups -OCH3 is 1. The van der Waals surface area contributed by atoms with Gasteiger partial charge in [-0.15, -0.1) is 15.3 Å². The number of hydrogen-bond donors (Lipinski definition) is 1. The third-order valence-electron chi connectivity index (χ3n) is 3.94. The van der Waals surface area contributed by atoms with Crippen molar-refractivity contribution in [2.75, 3.05) is 12.8 Å². The highest BCUT2D eigenvalue weighted by atomic mass is 32.1. The Bertz CT molecular complexity index is 1020. The molecule has 0 aliphatic rings. The Morgan fingerprint density at radius 1 is 1.15 bits per heavy atom. The van der Waals surface area contributed by atoms with Crippen LogP contribution in [0, 0.1) is 0 Å². The summed E-state index contributed by atoms with van der Waals surface area (Å²) >= 11 is 1.34. The zero-order valence-corrected chi connectivity index (χ0v) is 15.0. The van der Waals surface area contributed by atoms with Crippen molar-refractivity contribution in [3.63, 3.8) is 0 Å². The quantitative estimate of drug-likeness (QED) is 0.575. The lowest BCUT2D eigenvalue weighted by molar-refractivity contribution is 0.415. The molecule has 1 atom stereocenters. The fraction of sp³-hybridized carbons (Fsp3) is 0.188. The summed E-state index contributed by atoms with van der Waals surface area (Å²) in [7, 11) is 1.64. The van der Waals surface area contributed by atoms with Gasteiger partial charge in [0.1, 0.15) is 22.5 Å². The molecule has 3 aromatic heterocycles. The highest BCUT2D eigenvalue weighted by Gasteiger charge is 2.18. The van der Waals surface area contributed by atoms with E-state index in [-0.39, 0.29) is 6.04 Å². The Morgan fingerprint density at radius 2 is 1.96 bits per heavy atom. The zero-order chi connectivity index (χ0) is 18.1. The molecule has 1 aromatic carbocycles. The van der Waals surface area contributed by atoms with Crippen molar-refractivity contribution in [3.05, 3.63) is 47.9 Å². The van der Waals surface area contributed by atoms with Crippen LogP contribution in [-0.2, 0) is 0 Å². The van der Waals surface area contributed by atoms with E-state index in [1.54, 1.807) is 18.0 Å². The first-order chi connectivity index (χ1) is 12.7. The molecule has 2 N–H and O–H groups in total. The normalized spacial score (nSPS) is 12.2. The molecule has 4 rings (SSSR count).